The topological polar surface area (TPSA) is 22.1 Å². The molecule has 0 unspecified atom stereocenters. The lowest BCUT2D eigenvalue weighted by molar-refractivity contribution is 0.413. The Morgan fingerprint density at radius 2 is 1.72 bits per heavy atom. The zero-order chi connectivity index (χ0) is 13.3. The van der Waals surface area contributed by atoms with E-state index < -0.39 is 0 Å². The van der Waals surface area contributed by atoms with Crippen molar-refractivity contribution < 1.29 is 4.74 Å². The molecule has 1 heterocycles. The SMILES string of the molecule is COc1cnc(Cl)c(-c2cc(Cl)cc(Cl)c2Cl)c1. The first-order valence-electron chi connectivity index (χ1n) is 4.87. The molecule has 2 rings (SSSR count). The van der Waals surface area contributed by atoms with Gasteiger partial charge < -0.3 is 4.74 Å². The molecule has 0 aliphatic carbocycles. The maximum absolute atomic E-state index is 6.15. The van der Waals surface area contributed by atoms with Crippen molar-refractivity contribution in [1.29, 1.82) is 0 Å². The molecular formula is C12H7Cl4NO. The molecule has 94 valence electrons. The van der Waals surface area contributed by atoms with Gasteiger partial charge in [-0.25, -0.2) is 4.98 Å². The van der Waals surface area contributed by atoms with Gasteiger partial charge in [0.15, 0.2) is 0 Å². The highest BCUT2D eigenvalue weighted by Gasteiger charge is 2.13. The van der Waals surface area contributed by atoms with Gasteiger partial charge in [0, 0.05) is 16.1 Å². The Labute approximate surface area is 124 Å². The minimum Gasteiger partial charge on any atom is -0.495 e. The number of rotatable bonds is 2. The highest BCUT2D eigenvalue weighted by molar-refractivity contribution is 6.45. The van der Waals surface area contributed by atoms with Crippen LogP contribution < -0.4 is 4.74 Å². The van der Waals surface area contributed by atoms with Gasteiger partial charge in [0.05, 0.1) is 23.4 Å². The summed E-state index contributed by atoms with van der Waals surface area (Å²) in [5.74, 6) is 0.571. The molecule has 1 aromatic carbocycles. The summed E-state index contributed by atoms with van der Waals surface area (Å²) in [5.41, 5.74) is 1.23. The fraction of sp³-hybridized carbons (Fsp3) is 0.0833. The number of aromatic nitrogens is 1. The van der Waals surface area contributed by atoms with E-state index in [2.05, 4.69) is 4.98 Å². The lowest BCUT2D eigenvalue weighted by atomic mass is 10.1. The molecule has 1 aromatic heterocycles. The number of benzene rings is 1. The Hall–Kier alpha value is -0.670. The molecule has 0 amide bonds. The van der Waals surface area contributed by atoms with E-state index in [1.165, 1.54) is 6.20 Å². The quantitative estimate of drug-likeness (QED) is 0.547. The van der Waals surface area contributed by atoms with Crippen molar-refractivity contribution in [2.45, 2.75) is 0 Å². The molecule has 0 spiro atoms. The Kier molecular flexibility index (Phi) is 4.23. The van der Waals surface area contributed by atoms with E-state index in [0.29, 0.717) is 37.1 Å². The number of pyridine rings is 1. The highest BCUT2D eigenvalue weighted by atomic mass is 35.5. The van der Waals surface area contributed by atoms with Crippen LogP contribution in [0.5, 0.6) is 5.75 Å². The molecule has 18 heavy (non-hydrogen) atoms. The van der Waals surface area contributed by atoms with E-state index in [4.69, 9.17) is 51.1 Å². The summed E-state index contributed by atoms with van der Waals surface area (Å²) < 4.78 is 5.10. The van der Waals surface area contributed by atoms with Crippen molar-refractivity contribution in [1.82, 2.24) is 4.98 Å². The summed E-state index contributed by atoms with van der Waals surface area (Å²) in [7, 11) is 1.54. The molecule has 6 heteroatoms. The first-order valence-corrected chi connectivity index (χ1v) is 6.38. The van der Waals surface area contributed by atoms with Crippen LogP contribution in [0.4, 0.5) is 0 Å². The van der Waals surface area contributed by atoms with Gasteiger partial charge in [0.1, 0.15) is 10.9 Å². The monoisotopic (exact) mass is 321 g/mol. The molecule has 0 saturated heterocycles. The van der Waals surface area contributed by atoms with Crippen LogP contribution in [0.3, 0.4) is 0 Å². The smallest absolute Gasteiger partial charge is 0.137 e. The second-order valence-electron chi connectivity index (χ2n) is 3.46. The number of ether oxygens (including phenoxy) is 1. The third-order valence-electron chi connectivity index (χ3n) is 2.33. The van der Waals surface area contributed by atoms with Crippen molar-refractivity contribution in [3.63, 3.8) is 0 Å². The van der Waals surface area contributed by atoms with Crippen LogP contribution in [0.1, 0.15) is 0 Å². The van der Waals surface area contributed by atoms with Gasteiger partial charge in [-0.05, 0) is 18.2 Å². The third kappa shape index (κ3) is 2.67. The highest BCUT2D eigenvalue weighted by Crippen LogP contribution is 2.39. The van der Waals surface area contributed by atoms with E-state index in [9.17, 15) is 0 Å². The van der Waals surface area contributed by atoms with Gasteiger partial charge in [-0.15, -0.1) is 0 Å². The van der Waals surface area contributed by atoms with Gasteiger partial charge in [0.25, 0.3) is 0 Å². The summed E-state index contributed by atoms with van der Waals surface area (Å²) in [6.07, 6.45) is 1.52. The number of hydrogen-bond acceptors (Lipinski definition) is 2. The summed E-state index contributed by atoms with van der Waals surface area (Å²) >= 11 is 24.1. The first-order chi connectivity index (χ1) is 8.52. The predicted octanol–water partition coefficient (Wildman–Crippen LogP) is 5.37. The van der Waals surface area contributed by atoms with Gasteiger partial charge >= 0.3 is 0 Å². The fourth-order valence-corrected chi connectivity index (χ4v) is 2.39. The molecule has 0 bridgehead atoms. The maximum atomic E-state index is 6.15. The zero-order valence-electron chi connectivity index (χ0n) is 9.18. The van der Waals surface area contributed by atoms with Crippen molar-refractivity contribution in [3.8, 4) is 16.9 Å². The van der Waals surface area contributed by atoms with Crippen molar-refractivity contribution in [2.24, 2.45) is 0 Å². The molecule has 0 aliphatic heterocycles. The molecule has 0 radical (unpaired) electrons. The van der Waals surface area contributed by atoms with Gasteiger partial charge in [-0.2, -0.15) is 0 Å². The number of nitrogens with zero attached hydrogens (tertiary/aromatic N) is 1. The molecule has 0 atom stereocenters. The summed E-state index contributed by atoms with van der Waals surface area (Å²) in [4.78, 5) is 4.02. The minimum absolute atomic E-state index is 0.302. The third-order valence-corrected chi connectivity index (χ3v) is 3.65. The van der Waals surface area contributed by atoms with Crippen LogP contribution in [0.25, 0.3) is 11.1 Å². The molecule has 0 saturated carbocycles. The number of methoxy groups -OCH3 is 1. The average Bonchev–Trinajstić information content (AvgIpc) is 2.34. The minimum atomic E-state index is 0.302. The van der Waals surface area contributed by atoms with Crippen LogP contribution in [0.15, 0.2) is 24.4 Å². The fourth-order valence-electron chi connectivity index (χ4n) is 1.48. The summed E-state index contributed by atoms with van der Waals surface area (Å²) in [5, 5.41) is 1.50. The lowest BCUT2D eigenvalue weighted by Crippen LogP contribution is -1.89. The molecule has 2 aromatic rings. The lowest BCUT2D eigenvalue weighted by Gasteiger charge is -2.10. The standard InChI is InChI=1S/C12H7Cl4NO/c1-18-7-4-9(12(16)17-5-7)8-2-6(13)3-10(14)11(8)15/h2-5H,1H3. The predicted molar refractivity (Wildman–Crippen MR) is 76.3 cm³/mol. The molecular weight excluding hydrogens is 316 g/mol. The van der Waals surface area contributed by atoms with Crippen LogP contribution in [0.2, 0.25) is 20.2 Å². The molecule has 0 N–H and O–H groups in total. The van der Waals surface area contributed by atoms with E-state index >= 15 is 0 Å². The Morgan fingerprint density at radius 3 is 2.39 bits per heavy atom. The largest absolute Gasteiger partial charge is 0.495 e. The van der Waals surface area contributed by atoms with Crippen molar-refractivity contribution in [2.75, 3.05) is 7.11 Å². The van der Waals surface area contributed by atoms with E-state index in [1.54, 1.807) is 25.3 Å². The first kappa shape index (κ1) is 13.8. The van der Waals surface area contributed by atoms with Crippen molar-refractivity contribution in [3.05, 3.63) is 44.6 Å². The van der Waals surface area contributed by atoms with Crippen LogP contribution in [0, 0.1) is 0 Å². The van der Waals surface area contributed by atoms with Gasteiger partial charge in [-0.3, -0.25) is 0 Å². The second-order valence-corrected chi connectivity index (χ2v) is 5.04. The molecule has 0 fully saturated rings. The zero-order valence-corrected chi connectivity index (χ0v) is 12.2. The number of halogens is 4. The van der Waals surface area contributed by atoms with Crippen LogP contribution in [-0.2, 0) is 0 Å². The summed E-state index contributed by atoms with van der Waals surface area (Å²) in [6, 6.07) is 4.97. The summed E-state index contributed by atoms with van der Waals surface area (Å²) in [6.45, 7) is 0. The Bertz CT molecular complexity index is 601. The molecule has 2 nitrogen and oxygen atoms in total. The second kappa shape index (κ2) is 5.54. The Balaban J connectivity index is 2.68. The maximum Gasteiger partial charge on any atom is 0.137 e. The van der Waals surface area contributed by atoms with E-state index in [1.807, 2.05) is 0 Å². The normalized spacial score (nSPS) is 10.5. The Morgan fingerprint density at radius 1 is 1.00 bits per heavy atom. The van der Waals surface area contributed by atoms with Gasteiger partial charge in [0.2, 0.25) is 0 Å². The van der Waals surface area contributed by atoms with E-state index in [-0.39, 0.29) is 0 Å². The van der Waals surface area contributed by atoms with Crippen molar-refractivity contribution >= 4 is 46.4 Å². The number of hydrogen-bond donors (Lipinski definition) is 0. The van der Waals surface area contributed by atoms with E-state index in [0.717, 1.165) is 0 Å². The van der Waals surface area contributed by atoms with Crippen LogP contribution in [-0.4, -0.2) is 12.1 Å². The average molecular weight is 323 g/mol. The van der Waals surface area contributed by atoms with Crippen LogP contribution >= 0.6 is 46.4 Å². The molecule has 0 aliphatic rings. The van der Waals surface area contributed by atoms with Gasteiger partial charge in [-0.1, -0.05) is 46.4 Å².